The van der Waals surface area contributed by atoms with Gasteiger partial charge in [-0.15, -0.1) is 6.42 Å². The van der Waals surface area contributed by atoms with Crippen LogP contribution in [0.2, 0.25) is 0 Å². The zero-order valence-corrected chi connectivity index (χ0v) is 14.5. The molecule has 1 unspecified atom stereocenters. The van der Waals surface area contributed by atoms with E-state index in [-0.39, 0.29) is 4.90 Å². The smallest absolute Gasteiger partial charge is 0.250 e. The van der Waals surface area contributed by atoms with E-state index in [1.165, 1.54) is 0 Å². The standard InChI is InChI=1S/C18H24O3S/c1-6-8-9-10-11-17(7-2)21-22(19,20)18-15(4)12-14(3)13-16(18)5/h2,8-9,12-13,17H,6,10-11H2,1,3-5H3/b9-8-. The lowest BCUT2D eigenvalue weighted by Crippen LogP contribution is -2.18. The molecule has 0 aliphatic heterocycles. The van der Waals surface area contributed by atoms with E-state index in [1.807, 2.05) is 38.1 Å². The molecule has 0 radical (unpaired) electrons. The molecule has 1 aromatic rings. The van der Waals surface area contributed by atoms with Crippen LogP contribution in [0.25, 0.3) is 0 Å². The molecule has 3 nitrogen and oxygen atoms in total. The maximum Gasteiger partial charge on any atom is 0.298 e. The first-order valence-corrected chi connectivity index (χ1v) is 8.85. The quantitative estimate of drug-likeness (QED) is 0.432. The second kappa shape index (κ2) is 8.17. The van der Waals surface area contributed by atoms with Crippen LogP contribution in [-0.2, 0) is 14.3 Å². The predicted octanol–water partition coefficient (Wildman–Crippen LogP) is 4.07. The van der Waals surface area contributed by atoms with Crippen molar-refractivity contribution in [2.75, 3.05) is 0 Å². The fourth-order valence-corrected chi connectivity index (χ4v) is 3.91. The number of benzene rings is 1. The van der Waals surface area contributed by atoms with Gasteiger partial charge in [-0.05, 0) is 51.2 Å². The lowest BCUT2D eigenvalue weighted by Gasteiger charge is -2.15. The monoisotopic (exact) mass is 320 g/mol. The highest BCUT2D eigenvalue weighted by molar-refractivity contribution is 7.86. The first-order valence-electron chi connectivity index (χ1n) is 7.44. The Kier molecular flexibility index (Phi) is 6.86. The Morgan fingerprint density at radius 1 is 1.23 bits per heavy atom. The molecule has 0 heterocycles. The second-order valence-electron chi connectivity index (χ2n) is 5.39. The van der Waals surface area contributed by atoms with Gasteiger partial charge in [0.15, 0.2) is 0 Å². The Morgan fingerprint density at radius 2 is 1.82 bits per heavy atom. The summed E-state index contributed by atoms with van der Waals surface area (Å²) in [6.45, 7) is 7.51. The van der Waals surface area contributed by atoms with Gasteiger partial charge in [-0.1, -0.05) is 42.7 Å². The number of hydrogen-bond donors (Lipinski definition) is 0. The van der Waals surface area contributed by atoms with Crippen LogP contribution in [0, 0.1) is 33.1 Å². The van der Waals surface area contributed by atoms with Gasteiger partial charge in [0.05, 0.1) is 4.90 Å². The number of allylic oxidation sites excluding steroid dienone is 2. The second-order valence-corrected chi connectivity index (χ2v) is 6.90. The van der Waals surface area contributed by atoms with Gasteiger partial charge in [-0.25, -0.2) is 4.18 Å². The fraction of sp³-hybridized carbons (Fsp3) is 0.444. The molecule has 4 heteroatoms. The van der Waals surface area contributed by atoms with E-state index in [9.17, 15) is 8.42 Å². The third-order valence-corrected chi connectivity index (χ3v) is 4.91. The largest absolute Gasteiger partial charge is 0.298 e. The zero-order chi connectivity index (χ0) is 16.8. The minimum absolute atomic E-state index is 0.224. The summed E-state index contributed by atoms with van der Waals surface area (Å²) in [7, 11) is -3.86. The van der Waals surface area contributed by atoms with Crippen molar-refractivity contribution in [2.45, 2.75) is 58.0 Å². The summed E-state index contributed by atoms with van der Waals surface area (Å²) in [5.41, 5.74) is 2.38. The molecule has 0 aliphatic carbocycles. The Balaban J connectivity index is 2.95. The molecule has 0 aromatic heterocycles. The first-order chi connectivity index (χ1) is 10.3. The molecule has 1 rings (SSSR count). The maximum atomic E-state index is 12.5. The maximum absolute atomic E-state index is 12.5. The van der Waals surface area contributed by atoms with Crippen molar-refractivity contribution in [1.29, 1.82) is 0 Å². The van der Waals surface area contributed by atoms with Crippen molar-refractivity contribution in [1.82, 2.24) is 0 Å². The van der Waals surface area contributed by atoms with Crippen molar-refractivity contribution in [3.63, 3.8) is 0 Å². The SMILES string of the molecule is C#CC(CC/C=C\CC)OS(=O)(=O)c1c(C)cc(C)cc1C. The highest BCUT2D eigenvalue weighted by atomic mass is 32.2. The van der Waals surface area contributed by atoms with Crippen LogP contribution in [0.15, 0.2) is 29.2 Å². The van der Waals surface area contributed by atoms with E-state index in [1.54, 1.807) is 13.8 Å². The highest BCUT2D eigenvalue weighted by Gasteiger charge is 2.24. The molecule has 0 N–H and O–H groups in total. The average molecular weight is 320 g/mol. The molecule has 0 bridgehead atoms. The summed E-state index contributed by atoms with van der Waals surface area (Å²) in [6.07, 6.45) is 10.8. The van der Waals surface area contributed by atoms with E-state index < -0.39 is 16.2 Å². The molecule has 0 saturated heterocycles. The van der Waals surface area contributed by atoms with Crippen molar-refractivity contribution in [3.05, 3.63) is 41.0 Å². The van der Waals surface area contributed by atoms with Gasteiger partial charge < -0.3 is 0 Å². The first kappa shape index (κ1) is 18.5. The fourth-order valence-electron chi connectivity index (χ4n) is 2.45. The van der Waals surface area contributed by atoms with Gasteiger partial charge in [0, 0.05) is 0 Å². The molecule has 0 aliphatic rings. The van der Waals surface area contributed by atoms with Crippen LogP contribution in [0.3, 0.4) is 0 Å². The number of hydrogen-bond acceptors (Lipinski definition) is 3. The molecule has 22 heavy (non-hydrogen) atoms. The topological polar surface area (TPSA) is 43.4 Å². The Morgan fingerprint density at radius 3 is 2.32 bits per heavy atom. The lowest BCUT2D eigenvalue weighted by atomic mass is 10.1. The van der Waals surface area contributed by atoms with Gasteiger partial charge in [0.25, 0.3) is 10.1 Å². The van der Waals surface area contributed by atoms with E-state index in [2.05, 4.69) is 5.92 Å². The highest BCUT2D eigenvalue weighted by Crippen LogP contribution is 2.25. The lowest BCUT2D eigenvalue weighted by molar-refractivity contribution is 0.254. The molecular weight excluding hydrogens is 296 g/mol. The van der Waals surface area contributed by atoms with Gasteiger partial charge in [0.1, 0.15) is 6.10 Å². The summed E-state index contributed by atoms with van der Waals surface area (Å²) in [4.78, 5) is 0.224. The number of aryl methyl sites for hydroxylation is 3. The van der Waals surface area contributed by atoms with Crippen molar-refractivity contribution in [2.24, 2.45) is 0 Å². The van der Waals surface area contributed by atoms with Crippen LogP contribution >= 0.6 is 0 Å². The third-order valence-electron chi connectivity index (χ3n) is 3.28. The molecule has 1 atom stereocenters. The van der Waals surface area contributed by atoms with E-state index in [0.717, 1.165) is 12.0 Å². The summed E-state index contributed by atoms with van der Waals surface area (Å²) >= 11 is 0. The minimum Gasteiger partial charge on any atom is -0.250 e. The van der Waals surface area contributed by atoms with Crippen LogP contribution in [-0.4, -0.2) is 14.5 Å². The third kappa shape index (κ3) is 5.01. The molecule has 120 valence electrons. The Labute approximate surface area is 134 Å². The van der Waals surface area contributed by atoms with E-state index in [4.69, 9.17) is 10.6 Å². The van der Waals surface area contributed by atoms with Crippen molar-refractivity contribution < 1.29 is 12.6 Å². The van der Waals surface area contributed by atoms with Crippen molar-refractivity contribution in [3.8, 4) is 12.3 Å². The van der Waals surface area contributed by atoms with E-state index >= 15 is 0 Å². The molecule has 0 saturated carbocycles. The molecular formula is C18H24O3S. The number of terminal acetylenes is 1. The Bertz CT molecular complexity index is 656. The molecule has 1 aromatic carbocycles. The van der Waals surface area contributed by atoms with E-state index in [0.29, 0.717) is 24.0 Å². The average Bonchev–Trinajstić information content (AvgIpc) is 2.40. The van der Waals surface area contributed by atoms with Crippen molar-refractivity contribution >= 4 is 10.1 Å². The zero-order valence-electron chi connectivity index (χ0n) is 13.7. The Hall–Kier alpha value is -1.57. The summed E-state index contributed by atoms with van der Waals surface area (Å²) < 4.78 is 30.3. The van der Waals surface area contributed by atoms with Crippen LogP contribution in [0.5, 0.6) is 0 Å². The summed E-state index contributed by atoms with van der Waals surface area (Å²) in [5, 5.41) is 0. The van der Waals surface area contributed by atoms with Crippen LogP contribution in [0.4, 0.5) is 0 Å². The van der Waals surface area contributed by atoms with Gasteiger partial charge in [-0.2, -0.15) is 8.42 Å². The number of rotatable bonds is 7. The van der Waals surface area contributed by atoms with Crippen LogP contribution < -0.4 is 0 Å². The molecule has 0 fully saturated rings. The van der Waals surface area contributed by atoms with Gasteiger partial charge in [0.2, 0.25) is 0 Å². The normalized spacial score (nSPS) is 13.2. The summed E-state index contributed by atoms with van der Waals surface area (Å²) in [6, 6.07) is 3.66. The molecule has 0 amide bonds. The molecule has 0 spiro atoms. The van der Waals surface area contributed by atoms with Gasteiger partial charge >= 0.3 is 0 Å². The predicted molar refractivity (Wildman–Crippen MR) is 90.2 cm³/mol. The minimum atomic E-state index is -3.86. The van der Waals surface area contributed by atoms with Crippen LogP contribution in [0.1, 0.15) is 42.9 Å². The van der Waals surface area contributed by atoms with Gasteiger partial charge in [-0.3, -0.25) is 0 Å². The summed E-state index contributed by atoms with van der Waals surface area (Å²) in [5.74, 6) is 2.42.